The van der Waals surface area contributed by atoms with Crippen molar-refractivity contribution in [3.8, 4) is 0 Å². The minimum Gasteiger partial charge on any atom is -0.340 e. The van der Waals surface area contributed by atoms with Crippen molar-refractivity contribution in [1.29, 1.82) is 0 Å². The SMILES string of the molecule is N[C@@H]1CCN(C(=O)C(Sc2ccc(F)cc2F)c2ccccc2)C1. The first-order valence-corrected chi connectivity index (χ1v) is 8.63. The summed E-state index contributed by atoms with van der Waals surface area (Å²) in [7, 11) is 0. The van der Waals surface area contributed by atoms with Crippen LogP contribution in [-0.4, -0.2) is 29.9 Å². The van der Waals surface area contributed by atoms with Crippen molar-refractivity contribution in [3.05, 3.63) is 65.7 Å². The zero-order valence-corrected chi connectivity index (χ0v) is 13.8. The second-order valence-electron chi connectivity index (χ2n) is 5.82. The lowest BCUT2D eigenvalue weighted by atomic mass is 10.1. The van der Waals surface area contributed by atoms with Gasteiger partial charge in [0.1, 0.15) is 16.9 Å². The Morgan fingerprint density at radius 2 is 1.96 bits per heavy atom. The molecule has 3 nitrogen and oxygen atoms in total. The van der Waals surface area contributed by atoms with Gasteiger partial charge in [-0.3, -0.25) is 4.79 Å². The highest BCUT2D eigenvalue weighted by molar-refractivity contribution is 8.00. The summed E-state index contributed by atoms with van der Waals surface area (Å²) in [6.07, 6.45) is 0.767. The van der Waals surface area contributed by atoms with E-state index in [-0.39, 0.29) is 16.8 Å². The van der Waals surface area contributed by atoms with E-state index in [1.807, 2.05) is 30.3 Å². The predicted molar refractivity (Wildman–Crippen MR) is 90.6 cm³/mol. The van der Waals surface area contributed by atoms with Crippen molar-refractivity contribution in [1.82, 2.24) is 4.90 Å². The van der Waals surface area contributed by atoms with Gasteiger partial charge in [0, 0.05) is 30.1 Å². The van der Waals surface area contributed by atoms with Crippen LogP contribution in [0.15, 0.2) is 53.4 Å². The number of carbonyl (C=O) groups excluding carboxylic acids is 1. The molecule has 6 heteroatoms. The summed E-state index contributed by atoms with van der Waals surface area (Å²) < 4.78 is 27.1. The molecule has 1 unspecified atom stereocenters. The van der Waals surface area contributed by atoms with Crippen LogP contribution >= 0.6 is 11.8 Å². The summed E-state index contributed by atoms with van der Waals surface area (Å²) in [6, 6.07) is 12.6. The molecule has 3 rings (SSSR count). The topological polar surface area (TPSA) is 46.3 Å². The number of likely N-dealkylation sites (tertiary alicyclic amines) is 1. The zero-order valence-electron chi connectivity index (χ0n) is 13.0. The molecule has 126 valence electrons. The molecular weight excluding hydrogens is 330 g/mol. The normalized spacial score (nSPS) is 18.6. The maximum atomic E-state index is 14.0. The molecule has 2 aromatic carbocycles. The van der Waals surface area contributed by atoms with E-state index < -0.39 is 16.9 Å². The molecule has 1 aliphatic heterocycles. The van der Waals surface area contributed by atoms with Crippen LogP contribution < -0.4 is 5.73 Å². The Morgan fingerprint density at radius 3 is 2.58 bits per heavy atom. The van der Waals surface area contributed by atoms with Crippen molar-refractivity contribution >= 4 is 17.7 Å². The summed E-state index contributed by atoms with van der Waals surface area (Å²) >= 11 is 1.10. The number of benzene rings is 2. The Hall–Kier alpha value is -1.92. The fourth-order valence-electron chi connectivity index (χ4n) is 2.74. The van der Waals surface area contributed by atoms with Gasteiger partial charge in [0.15, 0.2) is 0 Å². The van der Waals surface area contributed by atoms with E-state index in [0.29, 0.717) is 13.1 Å². The smallest absolute Gasteiger partial charge is 0.240 e. The van der Waals surface area contributed by atoms with Crippen LogP contribution in [0.5, 0.6) is 0 Å². The fourth-order valence-corrected chi connectivity index (χ4v) is 3.86. The lowest BCUT2D eigenvalue weighted by Crippen LogP contribution is -2.34. The van der Waals surface area contributed by atoms with Crippen molar-refractivity contribution in [2.24, 2.45) is 5.73 Å². The molecular formula is C18H18F2N2OS. The van der Waals surface area contributed by atoms with Crippen LogP contribution in [0.3, 0.4) is 0 Å². The van der Waals surface area contributed by atoms with Gasteiger partial charge in [-0.05, 0) is 24.1 Å². The number of nitrogens with zero attached hydrogens (tertiary/aromatic N) is 1. The number of hydrogen-bond donors (Lipinski definition) is 1. The Labute approximate surface area is 143 Å². The number of rotatable bonds is 4. The van der Waals surface area contributed by atoms with E-state index >= 15 is 0 Å². The zero-order chi connectivity index (χ0) is 17.1. The number of nitrogens with two attached hydrogens (primary N) is 1. The number of halogens is 2. The van der Waals surface area contributed by atoms with Crippen LogP contribution in [-0.2, 0) is 4.79 Å². The molecule has 1 amide bonds. The second kappa shape index (κ2) is 7.32. The van der Waals surface area contributed by atoms with Crippen LogP contribution in [0.1, 0.15) is 17.2 Å². The molecule has 2 aromatic rings. The summed E-state index contributed by atoms with van der Waals surface area (Å²) in [5, 5.41) is -0.587. The Balaban J connectivity index is 1.89. The van der Waals surface area contributed by atoms with Gasteiger partial charge in [-0.25, -0.2) is 8.78 Å². The molecule has 1 aliphatic rings. The predicted octanol–water partition coefficient (Wildman–Crippen LogP) is 3.36. The van der Waals surface area contributed by atoms with E-state index in [2.05, 4.69) is 0 Å². The van der Waals surface area contributed by atoms with E-state index in [1.54, 1.807) is 4.90 Å². The first-order valence-electron chi connectivity index (χ1n) is 7.75. The van der Waals surface area contributed by atoms with Crippen molar-refractivity contribution in [3.63, 3.8) is 0 Å². The van der Waals surface area contributed by atoms with Gasteiger partial charge in [0.25, 0.3) is 0 Å². The van der Waals surface area contributed by atoms with Crippen molar-refractivity contribution in [2.45, 2.75) is 22.6 Å². The van der Waals surface area contributed by atoms with Gasteiger partial charge in [0.05, 0.1) is 0 Å². The summed E-state index contributed by atoms with van der Waals surface area (Å²) in [4.78, 5) is 14.9. The quantitative estimate of drug-likeness (QED) is 0.862. The molecule has 1 saturated heterocycles. The monoisotopic (exact) mass is 348 g/mol. The third-order valence-corrected chi connectivity index (χ3v) is 5.30. The molecule has 1 heterocycles. The van der Waals surface area contributed by atoms with Gasteiger partial charge in [-0.2, -0.15) is 0 Å². The molecule has 1 fully saturated rings. The van der Waals surface area contributed by atoms with E-state index in [9.17, 15) is 13.6 Å². The van der Waals surface area contributed by atoms with Gasteiger partial charge in [0.2, 0.25) is 5.91 Å². The largest absolute Gasteiger partial charge is 0.340 e. The number of hydrogen-bond acceptors (Lipinski definition) is 3. The second-order valence-corrected chi connectivity index (χ2v) is 6.96. The third-order valence-electron chi connectivity index (χ3n) is 4.00. The molecule has 24 heavy (non-hydrogen) atoms. The van der Waals surface area contributed by atoms with Gasteiger partial charge in [-0.1, -0.05) is 30.3 Å². The Kier molecular flexibility index (Phi) is 5.16. The molecule has 0 saturated carbocycles. The Morgan fingerprint density at radius 1 is 1.21 bits per heavy atom. The van der Waals surface area contributed by atoms with Gasteiger partial charge < -0.3 is 10.6 Å². The minimum atomic E-state index is -0.660. The standard InChI is InChI=1S/C18H18F2N2OS/c19-13-6-7-16(15(20)10-13)24-17(12-4-2-1-3-5-12)18(23)22-9-8-14(21)11-22/h1-7,10,14,17H,8-9,11,21H2/t14-,17?/m1/s1. The van der Waals surface area contributed by atoms with Gasteiger partial charge in [-0.15, -0.1) is 11.8 Å². The lowest BCUT2D eigenvalue weighted by Gasteiger charge is -2.23. The van der Waals surface area contributed by atoms with E-state index in [4.69, 9.17) is 5.73 Å². The first-order chi connectivity index (χ1) is 11.5. The molecule has 0 aliphatic carbocycles. The van der Waals surface area contributed by atoms with Crippen LogP contribution in [0.25, 0.3) is 0 Å². The molecule has 0 aromatic heterocycles. The molecule has 0 radical (unpaired) electrons. The van der Waals surface area contributed by atoms with Crippen LogP contribution in [0, 0.1) is 11.6 Å². The number of amides is 1. The highest BCUT2D eigenvalue weighted by Gasteiger charge is 2.31. The third kappa shape index (κ3) is 3.76. The lowest BCUT2D eigenvalue weighted by molar-refractivity contribution is -0.129. The highest BCUT2D eigenvalue weighted by atomic mass is 32.2. The highest BCUT2D eigenvalue weighted by Crippen LogP contribution is 2.38. The minimum absolute atomic E-state index is 0.0158. The average molecular weight is 348 g/mol. The molecule has 2 N–H and O–H groups in total. The summed E-state index contributed by atoms with van der Waals surface area (Å²) in [6.45, 7) is 1.12. The Bertz CT molecular complexity index is 726. The maximum absolute atomic E-state index is 14.0. The van der Waals surface area contributed by atoms with E-state index in [1.165, 1.54) is 12.1 Å². The number of carbonyl (C=O) groups is 1. The van der Waals surface area contributed by atoms with Crippen molar-refractivity contribution < 1.29 is 13.6 Å². The van der Waals surface area contributed by atoms with Gasteiger partial charge >= 0.3 is 0 Å². The first kappa shape index (κ1) is 16.9. The number of thioether (sulfide) groups is 1. The fraction of sp³-hybridized carbons (Fsp3) is 0.278. The maximum Gasteiger partial charge on any atom is 0.240 e. The van der Waals surface area contributed by atoms with Crippen molar-refractivity contribution in [2.75, 3.05) is 13.1 Å². The summed E-state index contributed by atoms with van der Waals surface area (Å²) in [5.41, 5.74) is 6.68. The summed E-state index contributed by atoms with van der Waals surface area (Å²) in [5.74, 6) is -1.39. The molecule has 0 spiro atoms. The van der Waals surface area contributed by atoms with Crippen LogP contribution in [0.2, 0.25) is 0 Å². The van der Waals surface area contributed by atoms with E-state index in [0.717, 1.165) is 29.8 Å². The average Bonchev–Trinajstić information content (AvgIpc) is 3.01. The molecule has 2 atom stereocenters. The molecule has 0 bridgehead atoms. The van der Waals surface area contributed by atoms with Crippen LogP contribution in [0.4, 0.5) is 8.78 Å².